The summed E-state index contributed by atoms with van der Waals surface area (Å²) < 4.78 is 6.36. The van der Waals surface area contributed by atoms with Crippen LogP contribution >= 0.6 is 27.3 Å². The first-order chi connectivity index (χ1) is 8.06. The second-order valence-electron chi connectivity index (χ2n) is 3.33. The normalized spacial score (nSPS) is 10.2. The monoisotopic (exact) mass is 313 g/mol. The predicted molar refractivity (Wildman–Crippen MR) is 68.0 cm³/mol. The molecular formula is C11H8BrNO3S. The number of thiophene rings is 1. The Balaban J connectivity index is 2.19. The average Bonchev–Trinajstić information content (AvgIpc) is 2.72. The molecule has 0 saturated carbocycles. The lowest BCUT2D eigenvalue weighted by molar-refractivity contribution is 0.0702. The largest absolute Gasteiger partial charge is 0.477 e. The molecule has 1 N–H and O–H groups in total. The highest BCUT2D eigenvalue weighted by atomic mass is 79.9. The Labute approximate surface area is 110 Å². The number of halogens is 1. The summed E-state index contributed by atoms with van der Waals surface area (Å²) in [6, 6.07) is 3.26. The van der Waals surface area contributed by atoms with E-state index >= 15 is 0 Å². The number of carboxylic acid groups (broad SMARTS) is 1. The summed E-state index contributed by atoms with van der Waals surface area (Å²) in [7, 11) is 0. The number of hydrogen-bond donors (Lipinski definition) is 1. The number of carboxylic acids is 1. The predicted octanol–water partition coefficient (Wildman–Crippen LogP) is 3.70. The van der Waals surface area contributed by atoms with Crippen LogP contribution in [0.1, 0.15) is 15.2 Å². The molecule has 17 heavy (non-hydrogen) atoms. The van der Waals surface area contributed by atoms with Crippen LogP contribution in [0.3, 0.4) is 0 Å². The number of pyridine rings is 1. The summed E-state index contributed by atoms with van der Waals surface area (Å²) in [5, 5.41) is 10.4. The highest BCUT2D eigenvalue weighted by molar-refractivity contribution is 9.10. The van der Waals surface area contributed by atoms with E-state index in [4.69, 9.17) is 9.84 Å². The van der Waals surface area contributed by atoms with E-state index in [-0.39, 0.29) is 4.88 Å². The van der Waals surface area contributed by atoms with E-state index < -0.39 is 5.97 Å². The highest BCUT2D eigenvalue weighted by Gasteiger charge is 2.09. The number of carbonyl (C=O) groups is 1. The molecular weight excluding hydrogens is 306 g/mol. The van der Waals surface area contributed by atoms with Gasteiger partial charge in [-0.3, -0.25) is 0 Å². The molecule has 2 aromatic heterocycles. The first kappa shape index (κ1) is 12.1. The molecule has 2 rings (SSSR count). The Morgan fingerprint density at radius 2 is 2.29 bits per heavy atom. The molecule has 0 saturated heterocycles. The van der Waals surface area contributed by atoms with E-state index in [1.165, 1.54) is 6.07 Å². The number of aromatic carboxylic acids is 1. The zero-order chi connectivity index (χ0) is 12.4. The van der Waals surface area contributed by atoms with Crippen molar-refractivity contribution in [3.8, 4) is 11.6 Å². The number of nitrogens with zero attached hydrogens (tertiary/aromatic N) is 1. The van der Waals surface area contributed by atoms with Gasteiger partial charge in [0, 0.05) is 28.2 Å². The fourth-order valence-corrected chi connectivity index (χ4v) is 2.04. The average molecular weight is 314 g/mol. The molecule has 4 nitrogen and oxygen atoms in total. The van der Waals surface area contributed by atoms with Crippen molar-refractivity contribution in [1.29, 1.82) is 0 Å². The lowest BCUT2D eigenvalue weighted by Gasteiger charge is -2.03. The minimum atomic E-state index is -0.954. The second kappa shape index (κ2) is 4.85. The van der Waals surface area contributed by atoms with Crippen molar-refractivity contribution in [3.05, 3.63) is 38.6 Å². The summed E-state index contributed by atoms with van der Waals surface area (Å²) in [6.07, 6.45) is 1.65. The molecule has 0 aliphatic heterocycles. The van der Waals surface area contributed by atoms with Crippen LogP contribution in [-0.2, 0) is 0 Å². The van der Waals surface area contributed by atoms with E-state index in [2.05, 4.69) is 20.9 Å². The van der Waals surface area contributed by atoms with Gasteiger partial charge in [0.15, 0.2) is 0 Å². The maximum atomic E-state index is 10.7. The zero-order valence-corrected chi connectivity index (χ0v) is 11.2. The van der Waals surface area contributed by atoms with E-state index in [1.54, 1.807) is 17.6 Å². The standard InChI is InChI=1S/C11H8BrNO3S/c1-6-2-10(13-4-8(6)12)16-7-3-9(11(14)15)17-5-7/h2-5H,1H3,(H,14,15). The number of aromatic nitrogens is 1. The van der Waals surface area contributed by atoms with Gasteiger partial charge in [-0.15, -0.1) is 11.3 Å². The zero-order valence-electron chi connectivity index (χ0n) is 8.81. The number of ether oxygens (including phenoxy) is 1. The van der Waals surface area contributed by atoms with Crippen molar-refractivity contribution in [1.82, 2.24) is 4.98 Å². The van der Waals surface area contributed by atoms with Gasteiger partial charge >= 0.3 is 5.97 Å². The minimum absolute atomic E-state index is 0.244. The summed E-state index contributed by atoms with van der Waals surface area (Å²) >= 11 is 4.47. The Hall–Kier alpha value is -1.40. The Bertz CT molecular complexity index is 568. The van der Waals surface area contributed by atoms with Crippen LogP contribution in [0, 0.1) is 6.92 Å². The minimum Gasteiger partial charge on any atom is -0.477 e. The van der Waals surface area contributed by atoms with Gasteiger partial charge in [-0.2, -0.15) is 0 Å². The molecule has 0 unspecified atom stereocenters. The van der Waals surface area contributed by atoms with Crippen LogP contribution in [0.4, 0.5) is 0 Å². The van der Waals surface area contributed by atoms with Gasteiger partial charge in [0.25, 0.3) is 0 Å². The van der Waals surface area contributed by atoms with E-state index in [1.807, 2.05) is 6.92 Å². The van der Waals surface area contributed by atoms with Crippen LogP contribution in [0.15, 0.2) is 28.2 Å². The quantitative estimate of drug-likeness (QED) is 0.938. The molecule has 2 aromatic rings. The molecule has 0 spiro atoms. The summed E-state index contributed by atoms with van der Waals surface area (Å²) in [5.74, 6) is -0.0214. The third-order valence-corrected chi connectivity index (χ3v) is 3.76. The first-order valence-corrected chi connectivity index (χ1v) is 6.35. The van der Waals surface area contributed by atoms with Gasteiger partial charge in [-0.05, 0) is 28.4 Å². The van der Waals surface area contributed by atoms with E-state index in [9.17, 15) is 4.79 Å². The fourth-order valence-electron chi connectivity index (χ4n) is 1.17. The van der Waals surface area contributed by atoms with Gasteiger partial charge in [-0.1, -0.05) is 0 Å². The second-order valence-corrected chi connectivity index (χ2v) is 5.09. The molecule has 0 aromatic carbocycles. The van der Waals surface area contributed by atoms with E-state index in [0.29, 0.717) is 11.6 Å². The topological polar surface area (TPSA) is 59.4 Å². The third-order valence-electron chi connectivity index (χ3n) is 2.03. The van der Waals surface area contributed by atoms with Crippen molar-refractivity contribution < 1.29 is 14.6 Å². The van der Waals surface area contributed by atoms with Crippen molar-refractivity contribution in [2.75, 3.05) is 0 Å². The summed E-state index contributed by atoms with van der Waals surface area (Å²) in [5.41, 5.74) is 1.00. The van der Waals surface area contributed by atoms with Crippen molar-refractivity contribution >= 4 is 33.2 Å². The molecule has 0 bridgehead atoms. The molecule has 0 fully saturated rings. The highest BCUT2D eigenvalue weighted by Crippen LogP contribution is 2.27. The number of hydrogen-bond acceptors (Lipinski definition) is 4. The lowest BCUT2D eigenvalue weighted by Crippen LogP contribution is -1.91. The molecule has 0 amide bonds. The lowest BCUT2D eigenvalue weighted by atomic mass is 10.3. The van der Waals surface area contributed by atoms with Crippen LogP contribution in [0.2, 0.25) is 0 Å². The van der Waals surface area contributed by atoms with Gasteiger partial charge in [0.05, 0.1) is 0 Å². The maximum absolute atomic E-state index is 10.7. The smallest absolute Gasteiger partial charge is 0.346 e. The molecule has 0 radical (unpaired) electrons. The third kappa shape index (κ3) is 2.83. The number of rotatable bonds is 3. The van der Waals surface area contributed by atoms with Crippen LogP contribution in [-0.4, -0.2) is 16.1 Å². The molecule has 88 valence electrons. The molecule has 6 heteroatoms. The molecule has 0 atom stereocenters. The van der Waals surface area contributed by atoms with Crippen LogP contribution in [0.5, 0.6) is 11.6 Å². The summed E-state index contributed by atoms with van der Waals surface area (Å²) in [4.78, 5) is 15.0. The first-order valence-electron chi connectivity index (χ1n) is 4.68. The van der Waals surface area contributed by atoms with Crippen LogP contribution in [0.25, 0.3) is 0 Å². The van der Waals surface area contributed by atoms with Crippen molar-refractivity contribution in [3.63, 3.8) is 0 Å². The summed E-state index contributed by atoms with van der Waals surface area (Å²) in [6.45, 7) is 1.93. The van der Waals surface area contributed by atoms with Crippen molar-refractivity contribution in [2.45, 2.75) is 6.92 Å². The molecule has 2 heterocycles. The maximum Gasteiger partial charge on any atom is 0.346 e. The Kier molecular flexibility index (Phi) is 3.44. The van der Waals surface area contributed by atoms with Gasteiger partial charge in [0.2, 0.25) is 5.88 Å². The fraction of sp³-hybridized carbons (Fsp3) is 0.0909. The SMILES string of the molecule is Cc1cc(Oc2csc(C(=O)O)c2)ncc1Br. The molecule has 0 aliphatic carbocycles. The van der Waals surface area contributed by atoms with Crippen molar-refractivity contribution in [2.24, 2.45) is 0 Å². The Morgan fingerprint density at radius 3 is 2.88 bits per heavy atom. The van der Waals surface area contributed by atoms with E-state index in [0.717, 1.165) is 21.4 Å². The Morgan fingerprint density at radius 1 is 1.53 bits per heavy atom. The van der Waals surface area contributed by atoms with Gasteiger partial charge < -0.3 is 9.84 Å². The molecule has 0 aliphatic rings. The van der Waals surface area contributed by atoms with Gasteiger partial charge in [0.1, 0.15) is 10.6 Å². The van der Waals surface area contributed by atoms with Gasteiger partial charge in [-0.25, -0.2) is 9.78 Å². The number of aryl methyl sites for hydroxylation is 1. The van der Waals surface area contributed by atoms with Crippen LogP contribution < -0.4 is 4.74 Å².